The topological polar surface area (TPSA) is 63.1 Å². The maximum atomic E-state index is 12.9. The number of fused-ring (bicyclic) bond motifs is 1. The minimum Gasteiger partial charge on any atom is -0.345 e. The lowest BCUT2D eigenvalue weighted by molar-refractivity contribution is 0.0942. The van der Waals surface area contributed by atoms with Crippen LogP contribution in [-0.2, 0) is 13.6 Å². The zero-order valence-corrected chi connectivity index (χ0v) is 18.0. The molecule has 1 fully saturated rings. The minimum atomic E-state index is -0.0857. The van der Waals surface area contributed by atoms with Gasteiger partial charge in [-0.2, -0.15) is 0 Å². The zero-order valence-electron chi connectivity index (χ0n) is 17.2. The van der Waals surface area contributed by atoms with Crippen LogP contribution in [0.2, 0.25) is 0 Å². The van der Waals surface area contributed by atoms with E-state index in [4.69, 9.17) is 0 Å². The van der Waals surface area contributed by atoms with Crippen molar-refractivity contribution in [3.05, 3.63) is 53.7 Å². The third-order valence-electron chi connectivity index (χ3n) is 5.72. The molecule has 0 aromatic carbocycles. The summed E-state index contributed by atoms with van der Waals surface area (Å²) < 4.78 is 4.39. The van der Waals surface area contributed by atoms with E-state index >= 15 is 0 Å². The van der Waals surface area contributed by atoms with Crippen molar-refractivity contribution < 1.29 is 4.79 Å². The van der Waals surface area contributed by atoms with Gasteiger partial charge >= 0.3 is 0 Å². The molecule has 0 spiro atoms. The van der Waals surface area contributed by atoms with Gasteiger partial charge in [-0.3, -0.25) is 14.8 Å². The molecule has 1 N–H and O–H groups in total. The Morgan fingerprint density at radius 1 is 1.24 bits per heavy atom. The van der Waals surface area contributed by atoms with Crippen molar-refractivity contribution in [1.82, 2.24) is 24.2 Å². The molecule has 0 radical (unpaired) electrons. The summed E-state index contributed by atoms with van der Waals surface area (Å²) in [6.07, 6.45) is 5.97. The SMILES string of the molecule is Cc1c(SN2CCC(C)CC2)cc(C(=O)NCc2nccc3ncccc23)n1C. The van der Waals surface area contributed by atoms with E-state index in [-0.39, 0.29) is 5.91 Å². The van der Waals surface area contributed by atoms with E-state index in [1.165, 1.54) is 12.8 Å². The molecule has 29 heavy (non-hydrogen) atoms. The average Bonchev–Trinajstić information content (AvgIpc) is 3.02. The van der Waals surface area contributed by atoms with Crippen LogP contribution in [0.4, 0.5) is 0 Å². The maximum Gasteiger partial charge on any atom is 0.268 e. The van der Waals surface area contributed by atoms with Gasteiger partial charge in [0.1, 0.15) is 5.69 Å². The predicted molar refractivity (Wildman–Crippen MR) is 117 cm³/mol. The third kappa shape index (κ3) is 4.31. The molecule has 1 amide bonds. The van der Waals surface area contributed by atoms with Crippen molar-refractivity contribution in [1.29, 1.82) is 0 Å². The maximum absolute atomic E-state index is 12.9. The fourth-order valence-electron chi connectivity index (χ4n) is 3.65. The van der Waals surface area contributed by atoms with Crippen LogP contribution in [0, 0.1) is 12.8 Å². The predicted octanol–water partition coefficient (Wildman–Crippen LogP) is 3.95. The van der Waals surface area contributed by atoms with Crippen LogP contribution < -0.4 is 5.32 Å². The van der Waals surface area contributed by atoms with Gasteiger partial charge in [-0.1, -0.05) is 6.92 Å². The highest BCUT2D eigenvalue weighted by atomic mass is 32.2. The number of hydrogen-bond donors (Lipinski definition) is 1. The Kier molecular flexibility index (Phi) is 5.87. The summed E-state index contributed by atoms with van der Waals surface area (Å²) in [5.74, 6) is 0.723. The number of nitrogens with zero attached hydrogens (tertiary/aromatic N) is 4. The van der Waals surface area contributed by atoms with Gasteiger partial charge < -0.3 is 9.88 Å². The summed E-state index contributed by atoms with van der Waals surface area (Å²) in [5.41, 5.74) is 3.50. The molecular formula is C22H27N5OS. The van der Waals surface area contributed by atoms with Crippen LogP contribution in [0.25, 0.3) is 10.9 Å². The molecule has 1 aliphatic rings. The molecule has 3 aromatic heterocycles. The Hall–Kier alpha value is -2.38. The average molecular weight is 410 g/mol. The first-order chi connectivity index (χ1) is 14.0. The normalized spacial score (nSPS) is 15.7. The van der Waals surface area contributed by atoms with Gasteiger partial charge in [0, 0.05) is 48.5 Å². The zero-order chi connectivity index (χ0) is 20.4. The van der Waals surface area contributed by atoms with Crippen molar-refractivity contribution in [2.75, 3.05) is 13.1 Å². The van der Waals surface area contributed by atoms with Crippen LogP contribution in [0.1, 0.15) is 41.6 Å². The fraction of sp³-hybridized carbons (Fsp3) is 0.409. The van der Waals surface area contributed by atoms with E-state index in [9.17, 15) is 4.79 Å². The molecule has 7 heteroatoms. The number of rotatable bonds is 5. The van der Waals surface area contributed by atoms with Gasteiger partial charge in [0.15, 0.2) is 0 Å². The summed E-state index contributed by atoms with van der Waals surface area (Å²) in [6, 6.07) is 7.76. The van der Waals surface area contributed by atoms with E-state index in [0.717, 1.165) is 46.2 Å². The molecule has 3 aromatic rings. The molecule has 6 nitrogen and oxygen atoms in total. The van der Waals surface area contributed by atoms with Gasteiger partial charge in [0.25, 0.3) is 5.91 Å². The molecule has 0 unspecified atom stereocenters. The molecule has 4 heterocycles. The van der Waals surface area contributed by atoms with Crippen LogP contribution in [-0.4, -0.2) is 37.8 Å². The first-order valence-electron chi connectivity index (χ1n) is 10.1. The summed E-state index contributed by atoms with van der Waals surface area (Å²) in [7, 11) is 1.95. The minimum absolute atomic E-state index is 0.0857. The molecule has 152 valence electrons. The van der Waals surface area contributed by atoms with Crippen LogP contribution in [0.15, 0.2) is 41.6 Å². The number of amides is 1. The fourth-order valence-corrected chi connectivity index (χ4v) is 4.76. The molecule has 0 atom stereocenters. The highest BCUT2D eigenvalue weighted by Crippen LogP contribution is 2.32. The Morgan fingerprint density at radius 2 is 2.03 bits per heavy atom. The highest BCUT2D eigenvalue weighted by molar-refractivity contribution is 7.97. The van der Waals surface area contributed by atoms with Gasteiger partial charge in [-0.05, 0) is 61.9 Å². The van der Waals surface area contributed by atoms with Gasteiger partial charge in [-0.25, -0.2) is 4.31 Å². The van der Waals surface area contributed by atoms with Crippen molar-refractivity contribution in [2.24, 2.45) is 13.0 Å². The first-order valence-corrected chi connectivity index (χ1v) is 10.9. The number of carbonyl (C=O) groups is 1. The Bertz CT molecular complexity index is 1020. The summed E-state index contributed by atoms with van der Waals surface area (Å²) in [5, 5.41) is 3.99. The van der Waals surface area contributed by atoms with E-state index in [2.05, 4.69) is 33.4 Å². The Labute approximate surface area is 175 Å². The number of hydrogen-bond acceptors (Lipinski definition) is 5. The summed E-state index contributed by atoms with van der Waals surface area (Å²) in [6.45, 7) is 6.96. The second-order valence-corrected chi connectivity index (χ2v) is 8.89. The molecule has 0 saturated carbocycles. The molecule has 0 bridgehead atoms. The van der Waals surface area contributed by atoms with E-state index in [1.807, 2.05) is 35.9 Å². The standard InChI is InChI=1S/C22H27N5OS/c1-15-7-11-27(12-8-15)29-21-13-20(26(3)16(21)2)22(28)25-14-19-17-5-4-9-23-18(17)6-10-24-19/h4-6,9-10,13,15H,7-8,11-12,14H2,1-3H3,(H,25,28). The number of aromatic nitrogens is 3. The van der Waals surface area contributed by atoms with E-state index in [0.29, 0.717) is 12.2 Å². The smallest absolute Gasteiger partial charge is 0.268 e. The molecule has 1 saturated heterocycles. The van der Waals surface area contributed by atoms with Crippen molar-refractivity contribution in [3.8, 4) is 0 Å². The lowest BCUT2D eigenvalue weighted by Crippen LogP contribution is -2.27. The lowest BCUT2D eigenvalue weighted by atomic mass is 10.0. The Morgan fingerprint density at radius 3 is 2.83 bits per heavy atom. The van der Waals surface area contributed by atoms with E-state index in [1.54, 1.807) is 24.3 Å². The van der Waals surface area contributed by atoms with Gasteiger partial charge in [0.2, 0.25) is 0 Å². The first kappa shape index (κ1) is 19.9. The number of pyridine rings is 2. The second-order valence-electron chi connectivity index (χ2n) is 7.75. The number of piperidine rings is 1. The van der Waals surface area contributed by atoms with Gasteiger partial charge in [-0.15, -0.1) is 0 Å². The van der Waals surface area contributed by atoms with Crippen molar-refractivity contribution >= 4 is 28.8 Å². The molecule has 1 aliphatic heterocycles. The van der Waals surface area contributed by atoms with Gasteiger partial charge in [0.05, 0.1) is 17.8 Å². The lowest BCUT2D eigenvalue weighted by Gasteiger charge is -2.28. The number of nitrogens with one attached hydrogen (secondary N) is 1. The quantitative estimate of drug-likeness (QED) is 0.647. The molecule has 0 aliphatic carbocycles. The monoisotopic (exact) mass is 409 g/mol. The highest BCUT2D eigenvalue weighted by Gasteiger charge is 2.21. The van der Waals surface area contributed by atoms with Crippen molar-refractivity contribution in [2.45, 2.75) is 38.1 Å². The third-order valence-corrected chi connectivity index (χ3v) is 6.95. The Balaban J connectivity index is 1.46. The van der Waals surface area contributed by atoms with Crippen LogP contribution in [0.3, 0.4) is 0 Å². The largest absolute Gasteiger partial charge is 0.345 e. The summed E-state index contributed by atoms with van der Waals surface area (Å²) >= 11 is 1.77. The number of carbonyl (C=O) groups excluding carboxylic acids is 1. The second kappa shape index (κ2) is 8.55. The molecular weight excluding hydrogens is 382 g/mol. The van der Waals surface area contributed by atoms with Crippen LogP contribution in [0.5, 0.6) is 0 Å². The van der Waals surface area contributed by atoms with E-state index < -0.39 is 0 Å². The summed E-state index contributed by atoms with van der Waals surface area (Å²) in [4.78, 5) is 22.8. The van der Waals surface area contributed by atoms with Crippen molar-refractivity contribution in [3.63, 3.8) is 0 Å². The molecule has 4 rings (SSSR count). The van der Waals surface area contributed by atoms with Crippen LogP contribution >= 0.6 is 11.9 Å².